The van der Waals surface area contributed by atoms with Crippen molar-refractivity contribution in [3.63, 3.8) is 0 Å². The van der Waals surface area contributed by atoms with Crippen LogP contribution in [0.15, 0.2) is 67.1 Å². The summed E-state index contributed by atoms with van der Waals surface area (Å²) < 4.78 is 9.47. The van der Waals surface area contributed by atoms with Gasteiger partial charge in [0.05, 0.1) is 55.6 Å². The van der Waals surface area contributed by atoms with Crippen LogP contribution in [-0.4, -0.2) is 98.1 Å². The zero-order chi connectivity index (χ0) is 40.2. The Balaban J connectivity index is 1.02. The summed E-state index contributed by atoms with van der Waals surface area (Å²) in [6, 6.07) is 14.6. The molecule has 0 radical (unpaired) electrons. The second kappa shape index (κ2) is 16.9. The van der Waals surface area contributed by atoms with E-state index in [9.17, 15) is 19.2 Å². The van der Waals surface area contributed by atoms with Crippen molar-refractivity contribution in [2.24, 2.45) is 5.92 Å². The van der Waals surface area contributed by atoms with E-state index in [0.29, 0.717) is 25.3 Å². The standard InChI is InChI=1S/C42H49N9O6/c1-6-30(48-41(54)56-4)39(52)50-17-7-9-34(50)37-45-23-33(47-37)28-16-15-27-19-29(21-43-31(27)20-28)25-11-13-26(14-12-25)32-22-44-38(46-32)35-10-8-18-51(35)40(53)36(24(2)3)49-42(55)57-5/h11-16,19-24,30,34-36H,6-10,17-18H2,1-5H3,(H,44,46)(H,45,47)(H,48,54)(H,49,55)/t30-,34-,35-,36-/m0/s1. The lowest BCUT2D eigenvalue weighted by molar-refractivity contribution is -0.135. The number of amides is 4. The van der Waals surface area contributed by atoms with Gasteiger partial charge in [-0.05, 0) is 61.3 Å². The van der Waals surface area contributed by atoms with E-state index < -0.39 is 24.3 Å². The summed E-state index contributed by atoms with van der Waals surface area (Å²) >= 11 is 0. The summed E-state index contributed by atoms with van der Waals surface area (Å²) in [5, 5.41) is 6.33. The van der Waals surface area contributed by atoms with Gasteiger partial charge in [0.2, 0.25) is 11.8 Å². The molecule has 2 aliphatic heterocycles. The molecular formula is C42H49N9O6. The minimum Gasteiger partial charge on any atom is -0.453 e. The number of nitrogens with one attached hydrogen (secondary N) is 4. The summed E-state index contributed by atoms with van der Waals surface area (Å²) in [6.45, 7) is 6.84. The first-order chi connectivity index (χ1) is 27.6. The predicted octanol–water partition coefficient (Wildman–Crippen LogP) is 6.52. The van der Waals surface area contributed by atoms with E-state index in [0.717, 1.165) is 76.1 Å². The summed E-state index contributed by atoms with van der Waals surface area (Å²) in [5.41, 5.74) is 6.41. The number of aromatic amines is 2. The fourth-order valence-corrected chi connectivity index (χ4v) is 7.84. The van der Waals surface area contributed by atoms with Gasteiger partial charge in [0.15, 0.2) is 0 Å². The van der Waals surface area contributed by atoms with Crippen LogP contribution in [0.4, 0.5) is 9.59 Å². The molecule has 0 unspecified atom stereocenters. The number of alkyl carbamates (subject to hydrolysis) is 2. The number of rotatable bonds is 11. The highest BCUT2D eigenvalue weighted by Gasteiger charge is 2.38. The first-order valence-corrected chi connectivity index (χ1v) is 19.5. The van der Waals surface area contributed by atoms with Crippen molar-refractivity contribution < 1.29 is 28.7 Å². The molecule has 4 amide bonds. The third-order valence-corrected chi connectivity index (χ3v) is 11.0. The zero-order valence-electron chi connectivity index (χ0n) is 32.9. The Labute approximate surface area is 331 Å². The van der Waals surface area contributed by atoms with Crippen molar-refractivity contribution in [2.75, 3.05) is 27.3 Å². The average Bonchev–Trinajstić information content (AvgIpc) is 4.07. The SMILES string of the molecule is CC[C@H](NC(=O)OC)C(=O)N1CCC[C@H]1c1ncc(-c2ccc3cc(-c4ccc(-c5cnc([C@@H]6CCCN6C(=O)[C@@H](NC(=O)OC)C(C)C)[nH]5)cc4)cnc3c2)[nH]1. The van der Waals surface area contributed by atoms with Crippen LogP contribution in [0.5, 0.6) is 0 Å². The maximum atomic E-state index is 13.5. The third kappa shape index (κ3) is 8.18. The number of benzene rings is 2. The van der Waals surface area contributed by atoms with Crippen LogP contribution in [0.2, 0.25) is 0 Å². The number of carbonyl (C=O) groups excluding carboxylic acids is 4. The number of likely N-dealkylation sites (tertiary alicyclic amines) is 2. The van der Waals surface area contributed by atoms with Gasteiger partial charge >= 0.3 is 12.2 Å². The Kier molecular flexibility index (Phi) is 11.5. The van der Waals surface area contributed by atoms with Crippen molar-refractivity contribution in [3.8, 4) is 33.6 Å². The molecule has 57 heavy (non-hydrogen) atoms. The van der Waals surface area contributed by atoms with Crippen LogP contribution in [0.1, 0.15) is 76.6 Å². The molecule has 2 aliphatic rings. The lowest BCUT2D eigenvalue weighted by Crippen LogP contribution is -2.51. The Morgan fingerprint density at radius 2 is 1.28 bits per heavy atom. The van der Waals surface area contributed by atoms with Gasteiger partial charge in [0.25, 0.3) is 0 Å². The molecule has 3 aromatic heterocycles. The second-order valence-electron chi connectivity index (χ2n) is 14.9. The third-order valence-electron chi connectivity index (χ3n) is 11.0. The zero-order valence-corrected chi connectivity index (χ0v) is 32.9. The molecule has 4 N–H and O–H groups in total. The molecule has 0 aliphatic carbocycles. The molecule has 0 bridgehead atoms. The van der Waals surface area contributed by atoms with E-state index >= 15 is 0 Å². The van der Waals surface area contributed by atoms with Crippen molar-refractivity contribution in [1.29, 1.82) is 0 Å². The summed E-state index contributed by atoms with van der Waals surface area (Å²) in [5.74, 6) is 1.03. The van der Waals surface area contributed by atoms with E-state index in [1.807, 2.05) is 57.3 Å². The number of ether oxygens (including phenoxy) is 2. The van der Waals surface area contributed by atoms with Crippen molar-refractivity contribution in [2.45, 2.75) is 77.0 Å². The molecule has 0 spiro atoms. The van der Waals surface area contributed by atoms with Crippen LogP contribution in [0.3, 0.4) is 0 Å². The van der Waals surface area contributed by atoms with Crippen molar-refractivity contribution >= 4 is 34.9 Å². The fourth-order valence-electron chi connectivity index (χ4n) is 7.84. The van der Waals surface area contributed by atoms with Gasteiger partial charge in [-0.1, -0.05) is 57.2 Å². The van der Waals surface area contributed by atoms with E-state index in [4.69, 9.17) is 14.5 Å². The van der Waals surface area contributed by atoms with Gasteiger partial charge in [-0.25, -0.2) is 19.6 Å². The molecule has 5 heterocycles. The number of pyridine rings is 1. The van der Waals surface area contributed by atoms with Crippen LogP contribution in [0, 0.1) is 5.92 Å². The lowest BCUT2D eigenvalue weighted by Gasteiger charge is -2.30. The second-order valence-corrected chi connectivity index (χ2v) is 14.9. The minimum atomic E-state index is -0.691. The topological polar surface area (TPSA) is 188 Å². The van der Waals surface area contributed by atoms with Crippen molar-refractivity contribution in [3.05, 3.63) is 78.8 Å². The molecule has 2 fully saturated rings. The van der Waals surface area contributed by atoms with Crippen LogP contribution < -0.4 is 10.6 Å². The van der Waals surface area contributed by atoms with Gasteiger partial charge in [0.1, 0.15) is 23.7 Å². The molecular weight excluding hydrogens is 727 g/mol. The highest BCUT2D eigenvalue weighted by molar-refractivity contribution is 5.88. The number of aromatic nitrogens is 5. The number of imidazole rings is 2. The predicted molar refractivity (Wildman–Crippen MR) is 214 cm³/mol. The van der Waals surface area contributed by atoms with E-state index in [-0.39, 0.29) is 29.8 Å². The largest absolute Gasteiger partial charge is 0.453 e. The molecule has 7 rings (SSSR count). The van der Waals surface area contributed by atoms with E-state index in [1.54, 1.807) is 22.2 Å². The average molecular weight is 776 g/mol. The number of fused-ring (bicyclic) bond motifs is 1. The van der Waals surface area contributed by atoms with Gasteiger partial charge in [-0.2, -0.15) is 0 Å². The number of nitrogens with zero attached hydrogens (tertiary/aromatic N) is 5. The number of methoxy groups -OCH3 is 2. The summed E-state index contributed by atoms with van der Waals surface area (Å²) in [6.07, 6.45) is 7.90. The molecule has 15 nitrogen and oxygen atoms in total. The molecule has 5 aromatic rings. The first-order valence-electron chi connectivity index (χ1n) is 19.5. The molecule has 2 saturated heterocycles. The van der Waals surface area contributed by atoms with Crippen molar-refractivity contribution in [1.82, 2.24) is 45.4 Å². The van der Waals surface area contributed by atoms with Gasteiger partial charge in [0, 0.05) is 35.8 Å². The Morgan fingerprint density at radius 1 is 0.719 bits per heavy atom. The number of H-pyrrole nitrogens is 2. The van der Waals surface area contributed by atoms with Crippen LogP contribution in [-0.2, 0) is 19.1 Å². The highest BCUT2D eigenvalue weighted by atomic mass is 16.5. The van der Waals surface area contributed by atoms with E-state index in [2.05, 4.69) is 48.8 Å². The summed E-state index contributed by atoms with van der Waals surface area (Å²) in [7, 11) is 2.57. The quantitative estimate of drug-likeness (QED) is 0.116. The monoisotopic (exact) mass is 775 g/mol. The Hall–Kier alpha value is -6.25. The number of hydrogen-bond acceptors (Lipinski definition) is 9. The molecule has 0 saturated carbocycles. The maximum absolute atomic E-state index is 13.5. The molecule has 15 heteroatoms. The molecule has 4 atom stereocenters. The van der Waals surface area contributed by atoms with Gasteiger partial charge in [-0.15, -0.1) is 0 Å². The smallest absolute Gasteiger partial charge is 0.407 e. The Morgan fingerprint density at radius 3 is 1.88 bits per heavy atom. The molecule has 298 valence electrons. The Bertz CT molecular complexity index is 2250. The number of hydrogen-bond donors (Lipinski definition) is 4. The first kappa shape index (κ1) is 39.0. The summed E-state index contributed by atoms with van der Waals surface area (Å²) in [4.78, 5) is 75.3. The fraction of sp³-hybridized carbons (Fsp3) is 0.405. The van der Waals surface area contributed by atoms with Crippen LogP contribution >= 0.6 is 0 Å². The highest BCUT2D eigenvalue weighted by Crippen LogP contribution is 2.35. The van der Waals surface area contributed by atoms with Gasteiger partial charge < -0.3 is 39.9 Å². The molecule has 2 aromatic carbocycles. The lowest BCUT2D eigenvalue weighted by atomic mass is 10.0. The van der Waals surface area contributed by atoms with Crippen LogP contribution in [0.25, 0.3) is 44.5 Å². The van der Waals surface area contributed by atoms with E-state index in [1.165, 1.54) is 14.2 Å². The normalized spacial score (nSPS) is 17.8. The minimum absolute atomic E-state index is 0.108. The number of carbonyl (C=O) groups is 4. The van der Waals surface area contributed by atoms with Gasteiger partial charge in [-0.3, -0.25) is 14.6 Å². The maximum Gasteiger partial charge on any atom is 0.407 e.